The molecule has 0 unspecified atom stereocenters. The van der Waals surface area contributed by atoms with Gasteiger partial charge in [0.25, 0.3) is 0 Å². The first-order valence-electron chi connectivity index (χ1n) is 8.61. The lowest BCUT2D eigenvalue weighted by Gasteiger charge is -2.12. The Labute approximate surface area is 162 Å². The molecule has 138 valence electrons. The van der Waals surface area contributed by atoms with Crippen LogP contribution < -0.4 is 10.6 Å². The molecule has 0 aliphatic carbocycles. The zero-order valence-corrected chi connectivity index (χ0v) is 15.7. The zero-order chi connectivity index (χ0) is 19.1. The molecule has 3 aromatic rings. The highest BCUT2D eigenvalue weighted by Gasteiger charge is 2.12. The number of thiophene rings is 1. The molecule has 27 heavy (non-hydrogen) atoms. The number of nitrogens with one attached hydrogen (secondary N) is 2. The van der Waals surface area contributed by atoms with Crippen LogP contribution in [0.1, 0.15) is 22.2 Å². The van der Waals surface area contributed by atoms with E-state index in [9.17, 15) is 9.59 Å². The number of hydrogen-bond acceptors (Lipinski definition) is 5. The highest BCUT2D eigenvalue weighted by atomic mass is 32.1. The Balaban J connectivity index is 1.64. The van der Waals surface area contributed by atoms with Gasteiger partial charge in [-0.25, -0.2) is 4.79 Å². The third kappa shape index (κ3) is 5.18. The van der Waals surface area contributed by atoms with Crippen molar-refractivity contribution >= 4 is 40.3 Å². The molecule has 0 aliphatic rings. The number of amides is 1. The Bertz CT molecular complexity index is 905. The van der Waals surface area contributed by atoms with E-state index in [1.165, 1.54) is 0 Å². The van der Waals surface area contributed by atoms with Gasteiger partial charge in [0.1, 0.15) is 0 Å². The zero-order valence-electron chi connectivity index (χ0n) is 14.9. The predicted octanol–water partition coefficient (Wildman–Crippen LogP) is 4.85. The molecule has 1 amide bonds. The molecule has 0 saturated carbocycles. The van der Waals surface area contributed by atoms with Gasteiger partial charge in [0.2, 0.25) is 5.91 Å². The van der Waals surface area contributed by atoms with Crippen molar-refractivity contribution in [2.24, 2.45) is 0 Å². The average Bonchev–Trinajstić information content (AvgIpc) is 3.17. The van der Waals surface area contributed by atoms with Crippen LogP contribution in [-0.2, 0) is 16.0 Å². The lowest BCUT2D eigenvalue weighted by atomic mass is 10.1. The first-order chi connectivity index (χ1) is 13.2. The van der Waals surface area contributed by atoms with E-state index in [4.69, 9.17) is 4.74 Å². The molecule has 0 atom stereocenters. The minimum Gasteiger partial charge on any atom is -0.462 e. The van der Waals surface area contributed by atoms with Crippen molar-refractivity contribution in [3.63, 3.8) is 0 Å². The number of anilines is 3. The molecule has 3 rings (SSSR count). The molecule has 1 aromatic heterocycles. The fourth-order valence-electron chi connectivity index (χ4n) is 2.55. The van der Waals surface area contributed by atoms with Crippen molar-refractivity contribution in [2.75, 3.05) is 17.2 Å². The molecule has 6 heteroatoms. The van der Waals surface area contributed by atoms with Crippen LogP contribution >= 0.6 is 11.3 Å². The molecule has 5 nitrogen and oxygen atoms in total. The van der Waals surface area contributed by atoms with Crippen LogP contribution in [0, 0.1) is 0 Å². The minimum absolute atomic E-state index is 0.0502. The number of rotatable bonds is 7. The number of carbonyl (C=O) groups is 2. The van der Waals surface area contributed by atoms with Gasteiger partial charge >= 0.3 is 5.97 Å². The lowest BCUT2D eigenvalue weighted by Crippen LogP contribution is -2.13. The highest BCUT2D eigenvalue weighted by Crippen LogP contribution is 2.23. The third-order valence-electron chi connectivity index (χ3n) is 3.78. The summed E-state index contributed by atoms with van der Waals surface area (Å²) in [6.07, 6.45) is 0.366. The summed E-state index contributed by atoms with van der Waals surface area (Å²) in [5.74, 6) is -0.413. The molecule has 1 heterocycles. The maximum Gasteiger partial charge on any atom is 0.340 e. The number of para-hydroxylation sites is 1. The standard InChI is InChI=1S/C21H20N2O3S/c1-2-26-21(25)18-7-3-4-8-19(18)22-15-9-11-16(12-10-15)23-20(24)14-17-6-5-13-27-17/h3-13,22H,2,14H2,1H3,(H,23,24). The van der Waals surface area contributed by atoms with Crippen LogP contribution in [-0.4, -0.2) is 18.5 Å². The van der Waals surface area contributed by atoms with Gasteiger partial charge in [0.15, 0.2) is 0 Å². The third-order valence-corrected chi connectivity index (χ3v) is 4.66. The van der Waals surface area contributed by atoms with Crippen LogP contribution in [0.3, 0.4) is 0 Å². The van der Waals surface area contributed by atoms with Gasteiger partial charge in [-0.2, -0.15) is 0 Å². The van der Waals surface area contributed by atoms with Gasteiger partial charge < -0.3 is 15.4 Å². The molecular weight excluding hydrogens is 360 g/mol. The van der Waals surface area contributed by atoms with E-state index in [1.807, 2.05) is 53.9 Å². The van der Waals surface area contributed by atoms with E-state index < -0.39 is 0 Å². The second-order valence-corrected chi connectivity index (χ2v) is 6.80. The second-order valence-electron chi connectivity index (χ2n) is 5.77. The number of ether oxygens (including phenoxy) is 1. The Kier molecular flexibility index (Phi) is 6.22. The van der Waals surface area contributed by atoms with Gasteiger partial charge in [0.05, 0.1) is 24.3 Å². The summed E-state index contributed by atoms with van der Waals surface area (Å²) in [5, 5.41) is 8.06. The summed E-state index contributed by atoms with van der Waals surface area (Å²) in [6.45, 7) is 2.10. The smallest absolute Gasteiger partial charge is 0.340 e. The topological polar surface area (TPSA) is 67.4 Å². The normalized spacial score (nSPS) is 10.3. The van der Waals surface area contributed by atoms with Gasteiger partial charge in [-0.05, 0) is 54.8 Å². The molecule has 0 saturated heterocycles. The van der Waals surface area contributed by atoms with E-state index in [0.29, 0.717) is 24.3 Å². The first-order valence-corrected chi connectivity index (χ1v) is 9.49. The van der Waals surface area contributed by atoms with Crippen molar-refractivity contribution in [1.82, 2.24) is 0 Å². The summed E-state index contributed by atoms with van der Waals surface area (Å²) in [4.78, 5) is 25.1. The van der Waals surface area contributed by atoms with Crippen molar-refractivity contribution < 1.29 is 14.3 Å². The van der Waals surface area contributed by atoms with Crippen LogP contribution in [0.2, 0.25) is 0 Å². The summed E-state index contributed by atoms with van der Waals surface area (Å²) < 4.78 is 5.09. The van der Waals surface area contributed by atoms with Crippen molar-refractivity contribution in [3.05, 3.63) is 76.5 Å². The van der Waals surface area contributed by atoms with E-state index >= 15 is 0 Å². The molecule has 0 fully saturated rings. The molecule has 2 N–H and O–H groups in total. The molecule has 0 aliphatic heterocycles. The van der Waals surface area contributed by atoms with Crippen molar-refractivity contribution in [1.29, 1.82) is 0 Å². The van der Waals surface area contributed by atoms with Gasteiger partial charge in [0, 0.05) is 16.3 Å². The van der Waals surface area contributed by atoms with Crippen LogP contribution in [0.5, 0.6) is 0 Å². The maximum absolute atomic E-state index is 12.1. The van der Waals surface area contributed by atoms with E-state index in [1.54, 1.807) is 30.4 Å². The Hall–Kier alpha value is -3.12. The quantitative estimate of drug-likeness (QED) is 0.575. The fraction of sp³-hybridized carbons (Fsp3) is 0.143. The first kappa shape index (κ1) is 18.7. The largest absolute Gasteiger partial charge is 0.462 e. The van der Waals surface area contributed by atoms with E-state index in [0.717, 1.165) is 16.3 Å². The van der Waals surface area contributed by atoms with Crippen LogP contribution in [0.25, 0.3) is 0 Å². The highest BCUT2D eigenvalue weighted by molar-refractivity contribution is 7.10. The predicted molar refractivity (Wildman–Crippen MR) is 109 cm³/mol. The van der Waals surface area contributed by atoms with Gasteiger partial charge in [-0.1, -0.05) is 18.2 Å². The van der Waals surface area contributed by atoms with Gasteiger partial charge in [-0.3, -0.25) is 4.79 Å². The Morgan fingerprint density at radius 1 is 0.963 bits per heavy atom. The Morgan fingerprint density at radius 3 is 2.41 bits per heavy atom. The van der Waals surface area contributed by atoms with Crippen LogP contribution in [0.4, 0.5) is 17.1 Å². The second kappa shape index (κ2) is 9.00. The lowest BCUT2D eigenvalue weighted by molar-refractivity contribution is -0.115. The van der Waals surface area contributed by atoms with E-state index in [2.05, 4.69) is 10.6 Å². The SMILES string of the molecule is CCOC(=O)c1ccccc1Nc1ccc(NC(=O)Cc2cccs2)cc1. The average molecular weight is 380 g/mol. The number of benzene rings is 2. The van der Waals surface area contributed by atoms with Crippen molar-refractivity contribution in [2.45, 2.75) is 13.3 Å². The summed E-state index contributed by atoms with van der Waals surface area (Å²) in [6, 6.07) is 18.4. The van der Waals surface area contributed by atoms with E-state index in [-0.39, 0.29) is 11.9 Å². The maximum atomic E-state index is 12.1. The number of carbonyl (C=O) groups excluding carboxylic acids is 2. The number of hydrogen-bond donors (Lipinski definition) is 2. The molecular formula is C21H20N2O3S. The van der Waals surface area contributed by atoms with Gasteiger partial charge in [-0.15, -0.1) is 11.3 Å². The Morgan fingerprint density at radius 2 is 1.70 bits per heavy atom. The monoisotopic (exact) mass is 380 g/mol. The molecule has 0 bridgehead atoms. The summed E-state index contributed by atoms with van der Waals surface area (Å²) in [7, 11) is 0. The fourth-order valence-corrected chi connectivity index (χ4v) is 3.25. The summed E-state index contributed by atoms with van der Waals surface area (Å²) >= 11 is 1.56. The molecule has 0 radical (unpaired) electrons. The summed E-state index contributed by atoms with van der Waals surface area (Å²) in [5.41, 5.74) is 2.68. The minimum atomic E-state index is -0.363. The van der Waals surface area contributed by atoms with Crippen LogP contribution in [0.15, 0.2) is 66.0 Å². The number of esters is 1. The molecule has 2 aromatic carbocycles. The molecule has 0 spiro atoms. The van der Waals surface area contributed by atoms with Crippen molar-refractivity contribution in [3.8, 4) is 0 Å².